The molecule has 0 radical (unpaired) electrons. The predicted octanol–water partition coefficient (Wildman–Crippen LogP) is 0.265. The smallest absolute Gasteiger partial charge is 0.327 e. The summed E-state index contributed by atoms with van der Waals surface area (Å²) in [7, 11) is 0. The van der Waals surface area contributed by atoms with Crippen LogP contribution in [0, 0.1) is 0 Å². The van der Waals surface area contributed by atoms with E-state index in [4.69, 9.17) is 15.3 Å². The lowest BCUT2D eigenvalue weighted by molar-refractivity contribution is -0.148. The molecule has 1 saturated heterocycles. The minimum Gasteiger partial charge on any atom is -0.480 e. The van der Waals surface area contributed by atoms with Gasteiger partial charge in [0.25, 0.3) is 0 Å². The SMILES string of the molecule is NCC(=O)N1C(c2ccco2)SC[C@H]1C(=O)O. The van der Waals surface area contributed by atoms with Gasteiger partial charge < -0.3 is 20.2 Å². The Bertz CT molecular complexity index is 420. The van der Waals surface area contributed by atoms with Gasteiger partial charge in [-0.05, 0) is 12.1 Å². The number of hydrogen-bond acceptors (Lipinski definition) is 5. The second kappa shape index (κ2) is 4.80. The van der Waals surface area contributed by atoms with E-state index in [1.165, 1.54) is 22.9 Å². The first-order valence-electron chi connectivity index (χ1n) is 5.04. The summed E-state index contributed by atoms with van der Waals surface area (Å²) >= 11 is 1.36. The van der Waals surface area contributed by atoms with Crippen LogP contribution in [0.1, 0.15) is 11.1 Å². The fraction of sp³-hybridized carbons (Fsp3) is 0.400. The van der Waals surface area contributed by atoms with E-state index in [9.17, 15) is 9.59 Å². The lowest BCUT2D eigenvalue weighted by atomic mass is 10.2. The number of furan rings is 1. The maximum Gasteiger partial charge on any atom is 0.327 e. The van der Waals surface area contributed by atoms with Crippen LogP contribution in [0.5, 0.6) is 0 Å². The van der Waals surface area contributed by atoms with E-state index < -0.39 is 17.4 Å². The van der Waals surface area contributed by atoms with Gasteiger partial charge in [-0.1, -0.05) is 0 Å². The van der Waals surface area contributed by atoms with Gasteiger partial charge in [0.1, 0.15) is 17.2 Å². The number of carbonyl (C=O) groups is 2. The Morgan fingerprint density at radius 3 is 2.94 bits per heavy atom. The maximum absolute atomic E-state index is 11.7. The van der Waals surface area contributed by atoms with Crippen molar-refractivity contribution in [3.8, 4) is 0 Å². The second-order valence-corrected chi connectivity index (χ2v) is 4.67. The molecule has 7 heteroatoms. The molecule has 2 heterocycles. The molecular weight excluding hydrogens is 244 g/mol. The number of nitrogens with zero attached hydrogens (tertiary/aromatic N) is 1. The molecule has 0 spiro atoms. The van der Waals surface area contributed by atoms with Gasteiger partial charge in [0.15, 0.2) is 0 Å². The van der Waals surface area contributed by atoms with Crippen molar-refractivity contribution < 1.29 is 19.1 Å². The average Bonchev–Trinajstić information content (AvgIpc) is 2.95. The standard InChI is InChI=1S/C10H12N2O4S/c11-4-8(13)12-6(10(14)15)5-17-9(12)7-2-1-3-16-7/h1-3,6,9H,4-5,11H2,(H,14,15)/t6-,9?/m0/s1. The summed E-state index contributed by atoms with van der Waals surface area (Å²) in [6.07, 6.45) is 1.50. The first kappa shape index (κ1) is 12.0. The Kier molecular flexibility index (Phi) is 3.39. The first-order chi connectivity index (χ1) is 8.15. The van der Waals surface area contributed by atoms with Crippen LogP contribution in [-0.2, 0) is 9.59 Å². The average molecular weight is 256 g/mol. The van der Waals surface area contributed by atoms with Crippen LogP contribution in [-0.4, -0.2) is 40.2 Å². The van der Waals surface area contributed by atoms with E-state index in [0.29, 0.717) is 11.5 Å². The number of thioether (sulfide) groups is 1. The van der Waals surface area contributed by atoms with Crippen LogP contribution in [0.15, 0.2) is 22.8 Å². The highest BCUT2D eigenvalue weighted by molar-refractivity contribution is 7.99. The van der Waals surface area contributed by atoms with Crippen LogP contribution in [0.25, 0.3) is 0 Å². The van der Waals surface area contributed by atoms with E-state index in [-0.39, 0.29) is 12.5 Å². The summed E-state index contributed by atoms with van der Waals surface area (Å²) in [5.41, 5.74) is 5.31. The van der Waals surface area contributed by atoms with Crippen LogP contribution in [0.2, 0.25) is 0 Å². The molecule has 1 aliphatic heterocycles. The fourth-order valence-electron chi connectivity index (χ4n) is 1.76. The van der Waals surface area contributed by atoms with Crippen LogP contribution in [0.3, 0.4) is 0 Å². The third-order valence-electron chi connectivity index (χ3n) is 2.53. The topological polar surface area (TPSA) is 96.8 Å². The highest BCUT2D eigenvalue weighted by Gasteiger charge is 2.42. The Hall–Kier alpha value is -1.47. The van der Waals surface area contributed by atoms with Gasteiger partial charge in [-0.2, -0.15) is 0 Å². The summed E-state index contributed by atoms with van der Waals surface area (Å²) in [5.74, 6) is -0.496. The van der Waals surface area contributed by atoms with Crippen LogP contribution < -0.4 is 5.73 Å². The molecule has 0 saturated carbocycles. The number of carboxylic acid groups (broad SMARTS) is 1. The van der Waals surface area contributed by atoms with Gasteiger partial charge in [0, 0.05) is 5.75 Å². The van der Waals surface area contributed by atoms with Crippen molar-refractivity contribution in [3.63, 3.8) is 0 Å². The largest absolute Gasteiger partial charge is 0.480 e. The molecule has 0 aromatic carbocycles. The number of hydrogen-bond donors (Lipinski definition) is 2. The van der Waals surface area contributed by atoms with Crippen LogP contribution in [0.4, 0.5) is 0 Å². The minimum absolute atomic E-state index is 0.207. The monoisotopic (exact) mass is 256 g/mol. The summed E-state index contributed by atoms with van der Waals surface area (Å²) in [4.78, 5) is 24.1. The van der Waals surface area contributed by atoms with Gasteiger partial charge in [0.2, 0.25) is 5.91 Å². The van der Waals surface area contributed by atoms with Gasteiger partial charge in [-0.15, -0.1) is 11.8 Å². The van der Waals surface area contributed by atoms with Crippen molar-refractivity contribution in [3.05, 3.63) is 24.2 Å². The van der Waals surface area contributed by atoms with E-state index in [1.807, 2.05) is 0 Å². The number of carbonyl (C=O) groups excluding carboxylic acids is 1. The molecule has 2 atom stereocenters. The zero-order chi connectivity index (χ0) is 12.4. The lowest BCUT2D eigenvalue weighted by Gasteiger charge is -2.25. The molecule has 0 aliphatic carbocycles. The predicted molar refractivity (Wildman–Crippen MR) is 61.2 cm³/mol. The Morgan fingerprint density at radius 1 is 1.65 bits per heavy atom. The van der Waals surface area contributed by atoms with Gasteiger partial charge in [-0.25, -0.2) is 4.79 Å². The Balaban J connectivity index is 2.28. The van der Waals surface area contributed by atoms with Crippen molar-refractivity contribution in [2.24, 2.45) is 5.73 Å². The number of nitrogens with two attached hydrogens (primary N) is 1. The molecule has 6 nitrogen and oxygen atoms in total. The Morgan fingerprint density at radius 2 is 2.41 bits per heavy atom. The second-order valence-electron chi connectivity index (χ2n) is 3.56. The number of carboxylic acids is 1. The van der Waals surface area contributed by atoms with Gasteiger partial charge in [-0.3, -0.25) is 4.79 Å². The van der Waals surface area contributed by atoms with Gasteiger partial charge in [0.05, 0.1) is 12.8 Å². The van der Waals surface area contributed by atoms with Crippen molar-refractivity contribution in [1.82, 2.24) is 4.90 Å². The number of amides is 1. The van der Waals surface area contributed by atoms with Gasteiger partial charge >= 0.3 is 5.97 Å². The quantitative estimate of drug-likeness (QED) is 0.805. The van der Waals surface area contributed by atoms with E-state index >= 15 is 0 Å². The highest BCUT2D eigenvalue weighted by atomic mass is 32.2. The maximum atomic E-state index is 11.7. The number of rotatable bonds is 3. The third-order valence-corrected chi connectivity index (χ3v) is 3.82. The highest BCUT2D eigenvalue weighted by Crippen LogP contribution is 2.41. The van der Waals surface area contributed by atoms with Crippen molar-refractivity contribution in [2.75, 3.05) is 12.3 Å². The molecule has 92 valence electrons. The summed E-state index contributed by atoms with van der Waals surface area (Å²) < 4.78 is 5.22. The van der Waals surface area contributed by atoms with E-state index in [1.54, 1.807) is 12.1 Å². The van der Waals surface area contributed by atoms with E-state index in [0.717, 1.165) is 0 Å². The van der Waals surface area contributed by atoms with Crippen molar-refractivity contribution in [1.29, 1.82) is 0 Å². The number of aliphatic carboxylic acids is 1. The molecule has 17 heavy (non-hydrogen) atoms. The third kappa shape index (κ3) is 2.16. The first-order valence-corrected chi connectivity index (χ1v) is 6.09. The lowest BCUT2D eigenvalue weighted by Crippen LogP contribution is -2.45. The van der Waals surface area contributed by atoms with Crippen molar-refractivity contribution >= 4 is 23.6 Å². The van der Waals surface area contributed by atoms with E-state index in [2.05, 4.69) is 0 Å². The fourth-order valence-corrected chi connectivity index (χ4v) is 3.15. The molecule has 1 aromatic heterocycles. The normalized spacial score (nSPS) is 23.9. The van der Waals surface area contributed by atoms with Crippen LogP contribution >= 0.6 is 11.8 Å². The summed E-state index contributed by atoms with van der Waals surface area (Å²) in [6.45, 7) is -0.207. The molecule has 1 aromatic rings. The molecule has 0 bridgehead atoms. The Labute approximate surface area is 102 Å². The van der Waals surface area contributed by atoms with Crippen molar-refractivity contribution in [2.45, 2.75) is 11.4 Å². The molecule has 1 amide bonds. The molecule has 1 unspecified atom stereocenters. The molecule has 2 rings (SSSR count). The zero-order valence-electron chi connectivity index (χ0n) is 8.91. The molecule has 1 aliphatic rings. The zero-order valence-corrected chi connectivity index (χ0v) is 9.72. The minimum atomic E-state index is -1.02. The summed E-state index contributed by atoms with van der Waals surface area (Å²) in [6, 6.07) is 2.58. The molecule has 1 fully saturated rings. The summed E-state index contributed by atoms with van der Waals surface area (Å²) in [5, 5.41) is 8.66. The molecular formula is C10H12N2O4S. The molecule has 3 N–H and O–H groups in total.